The average molecular weight is 797 g/mol. The van der Waals surface area contributed by atoms with Crippen LogP contribution in [0, 0.1) is 6.92 Å². The number of aromatic nitrogens is 4. The number of aryl methyl sites for hydroxylation is 1. The Labute approximate surface area is 349 Å². The molecule has 11 aromatic rings. The monoisotopic (exact) mass is 796 g/mol. The lowest BCUT2D eigenvalue weighted by Crippen LogP contribution is -2.04. The summed E-state index contributed by atoms with van der Waals surface area (Å²) in [5.41, 5.74) is 12.1. The van der Waals surface area contributed by atoms with Gasteiger partial charge in [0.05, 0.1) is 50.4 Å². The Morgan fingerprint density at radius 3 is 1.61 bits per heavy atom. The van der Waals surface area contributed by atoms with Crippen LogP contribution in [-0.4, -0.2) is 19.1 Å². The summed E-state index contributed by atoms with van der Waals surface area (Å²) in [6.07, 6.45) is -4.47. The SMILES string of the molecule is Cc1ccc2c(c1)c1ccccc1n2-c1cc(-c2cc(-c3ccccc3)nc(-c3ccccc3)n2)ccc1-c1ccccc1-n1c2ccccc2c2cc(C(F)(F)F)ccc21. The van der Waals surface area contributed by atoms with Crippen molar-refractivity contribution in [2.75, 3.05) is 0 Å². The largest absolute Gasteiger partial charge is 0.416 e. The number of para-hydroxylation sites is 3. The maximum absolute atomic E-state index is 14.1. The van der Waals surface area contributed by atoms with Gasteiger partial charge in [0, 0.05) is 49.4 Å². The molecule has 8 aromatic carbocycles. The lowest BCUT2D eigenvalue weighted by Gasteiger charge is -2.20. The molecule has 7 heteroatoms. The van der Waals surface area contributed by atoms with Crippen molar-refractivity contribution in [2.24, 2.45) is 0 Å². The molecule has 11 rings (SSSR count). The zero-order valence-corrected chi connectivity index (χ0v) is 32.9. The van der Waals surface area contributed by atoms with Gasteiger partial charge in [0.25, 0.3) is 0 Å². The average Bonchev–Trinajstić information content (AvgIpc) is 3.81. The minimum Gasteiger partial charge on any atom is -0.309 e. The molecule has 292 valence electrons. The van der Waals surface area contributed by atoms with Crippen molar-refractivity contribution in [3.05, 3.63) is 205 Å². The number of rotatable bonds is 6. The number of alkyl halides is 3. The van der Waals surface area contributed by atoms with E-state index in [0.29, 0.717) is 16.7 Å². The molecule has 0 atom stereocenters. The van der Waals surface area contributed by atoms with Crippen LogP contribution < -0.4 is 0 Å². The summed E-state index contributed by atoms with van der Waals surface area (Å²) < 4.78 is 46.8. The van der Waals surface area contributed by atoms with E-state index in [4.69, 9.17) is 9.97 Å². The number of fused-ring (bicyclic) bond motifs is 6. The van der Waals surface area contributed by atoms with Crippen LogP contribution in [0.25, 0.3) is 100 Å². The summed E-state index contributed by atoms with van der Waals surface area (Å²) in [7, 11) is 0. The summed E-state index contributed by atoms with van der Waals surface area (Å²) in [5.74, 6) is 0.625. The van der Waals surface area contributed by atoms with Crippen molar-refractivity contribution in [3.8, 4) is 56.4 Å². The van der Waals surface area contributed by atoms with Crippen LogP contribution in [0.2, 0.25) is 0 Å². The van der Waals surface area contributed by atoms with E-state index in [0.717, 1.165) is 88.9 Å². The Balaban J connectivity index is 1.21. The predicted molar refractivity (Wildman–Crippen MR) is 242 cm³/mol. The molecule has 0 saturated heterocycles. The first-order chi connectivity index (χ1) is 29.8. The highest BCUT2D eigenvalue weighted by molar-refractivity contribution is 6.12. The quantitative estimate of drug-likeness (QED) is 0.168. The van der Waals surface area contributed by atoms with Crippen molar-refractivity contribution in [3.63, 3.8) is 0 Å². The lowest BCUT2D eigenvalue weighted by atomic mass is 9.97. The standard InChI is InChI=1S/C54H35F3N4/c1-34-24-28-50-43(30-34)40-19-9-13-23-49(40)61(50)52-31-37(46-33-45(35-14-4-2-5-15-35)58-53(59-46)36-16-6-3-7-17-36)25-27-42(52)39-18-8-11-21-47(39)60-48-22-12-10-20-41(48)44-32-38(54(55,56)57)26-29-51(44)60/h2-33H,1H3. The van der Waals surface area contributed by atoms with Gasteiger partial charge < -0.3 is 9.13 Å². The van der Waals surface area contributed by atoms with Gasteiger partial charge in [-0.15, -0.1) is 0 Å². The first kappa shape index (κ1) is 36.3. The Hall–Kier alpha value is -7.77. The van der Waals surface area contributed by atoms with Gasteiger partial charge in [-0.1, -0.05) is 139 Å². The van der Waals surface area contributed by atoms with Crippen molar-refractivity contribution in [2.45, 2.75) is 13.1 Å². The van der Waals surface area contributed by atoms with E-state index in [1.54, 1.807) is 6.07 Å². The topological polar surface area (TPSA) is 35.6 Å². The van der Waals surface area contributed by atoms with Crippen LogP contribution in [0.1, 0.15) is 11.1 Å². The van der Waals surface area contributed by atoms with E-state index in [9.17, 15) is 13.2 Å². The fraction of sp³-hybridized carbons (Fsp3) is 0.0370. The van der Waals surface area contributed by atoms with Crippen LogP contribution in [0.3, 0.4) is 0 Å². The molecule has 4 nitrogen and oxygen atoms in total. The first-order valence-corrected chi connectivity index (χ1v) is 20.1. The molecule has 0 radical (unpaired) electrons. The molecule has 0 aliphatic rings. The van der Waals surface area contributed by atoms with Gasteiger partial charge in [-0.25, -0.2) is 9.97 Å². The summed E-state index contributed by atoms with van der Waals surface area (Å²) in [6, 6.07) is 63.6. The molecule has 61 heavy (non-hydrogen) atoms. The fourth-order valence-corrected chi connectivity index (χ4v) is 8.82. The van der Waals surface area contributed by atoms with Gasteiger partial charge in [-0.05, 0) is 67.6 Å². The summed E-state index contributed by atoms with van der Waals surface area (Å²) >= 11 is 0. The van der Waals surface area contributed by atoms with Gasteiger partial charge in [-0.2, -0.15) is 13.2 Å². The highest BCUT2D eigenvalue weighted by Gasteiger charge is 2.31. The molecule has 0 aliphatic heterocycles. The second-order valence-corrected chi connectivity index (χ2v) is 15.4. The van der Waals surface area contributed by atoms with Gasteiger partial charge >= 0.3 is 6.18 Å². The normalized spacial score (nSPS) is 11.9. The molecule has 0 spiro atoms. The molecular weight excluding hydrogens is 762 g/mol. The van der Waals surface area contributed by atoms with Crippen LogP contribution in [0.4, 0.5) is 13.2 Å². The summed E-state index contributed by atoms with van der Waals surface area (Å²) in [6.45, 7) is 2.11. The third kappa shape index (κ3) is 6.16. The number of hydrogen-bond acceptors (Lipinski definition) is 2. The minimum atomic E-state index is -4.47. The molecule has 0 N–H and O–H groups in total. The van der Waals surface area contributed by atoms with E-state index in [1.165, 1.54) is 12.1 Å². The molecule has 3 heterocycles. The van der Waals surface area contributed by atoms with Gasteiger partial charge in [-0.3, -0.25) is 0 Å². The predicted octanol–water partition coefficient (Wildman–Crippen LogP) is 14.7. The Kier molecular flexibility index (Phi) is 8.46. The highest BCUT2D eigenvalue weighted by atomic mass is 19.4. The zero-order chi connectivity index (χ0) is 41.2. The van der Waals surface area contributed by atoms with E-state index in [2.05, 4.69) is 107 Å². The number of nitrogens with zero attached hydrogens (tertiary/aromatic N) is 4. The third-order valence-corrected chi connectivity index (χ3v) is 11.6. The van der Waals surface area contributed by atoms with Crippen molar-refractivity contribution in [1.82, 2.24) is 19.1 Å². The van der Waals surface area contributed by atoms with Crippen LogP contribution in [0.5, 0.6) is 0 Å². The van der Waals surface area contributed by atoms with Gasteiger partial charge in [0.1, 0.15) is 0 Å². The molecule has 0 aliphatic carbocycles. The maximum atomic E-state index is 14.1. The number of benzene rings is 8. The molecule has 0 fully saturated rings. The van der Waals surface area contributed by atoms with Crippen LogP contribution >= 0.6 is 0 Å². The Morgan fingerprint density at radius 1 is 0.393 bits per heavy atom. The van der Waals surface area contributed by atoms with Crippen molar-refractivity contribution < 1.29 is 13.2 Å². The summed E-state index contributed by atoms with van der Waals surface area (Å²) in [5, 5.41) is 3.57. The third-order valence-electron chi connectivity index (χ3n) is 11.6. The molecule has 3 aromatic heterocycles. The van der Waals surface area contributed by atoms with Crippen molar-refractivity contribution >= 4 is 43.6 Å². The minimum absolute atomic E-state index is 0.542. The molecule has 0 amide bonds. The van der Waals surface area contributed by atoms with E-state index in [1.807, 2.05) is 84.9 Å². The van der Waals surface area contributed by atoms with Gasteiger partial charge in [0.15, 0.2) is 5.82 Å². The molecule has 0 unspecified atom stereocenters. The van der Waals surface area contributed by atoms with E-state index in [-0.39, 0.29) is 0 Å². The Bertz CT molecular complexity index is 3420. The first-order valence-electron chi connectivity index (χ1n) is 20.1. The molecule has 0 bridgehead atoms. The maximum Gasteiger partial charge on any atom is 0.416 e. The molecular formula is C54H35F3N4. The lowest BCUT2D eigenvalue weighted by molar-refractivity contribution is -0.137. The second kappa shape index (κ2) is 14.2. The number of hydrogen-bond donors (Lipinski definition) is 0. The van der Waals surface area contributed by atoms with Crippen LogP contribution in [-0.2, 0) is 6.18 Å². The molecule has 0 saturated carbocycles. The Morgan fingerprint density at radius 2 is 0.918 bits per heavy atom. The summed E-state index contributed by atoms with van der Waals surface area (Å²) in [4.78, 5) is 10.3. The zero-order valence-electron chi connectivity index (χ0n) is 32.9. The second-order valence-electron chi connectivity index (χ2n) is 15.4. The van der Waals surface area contributed by atoms with Gasteiger partial charge in [0.2, 0.25) is 0 Å². The highest BCUT2D eigenvalue weighted by Crippen LogP contribution is 2.43. The van der Waals surface area contributed by atoms with E-state index >= 15 is 0 Å². The van der Waals surface area contributed by atoms with Crippen molar-refractivity contribution in [1.29, 1.82) is 0 Å². The number of halogens is 3. The fourth-order valence-electron chi connectivity index (χ4n) is 8.82. The van der Waals surface area contributed by atoms with E-state index < -0.39 is 11.7 Å². The smallest absolute Gasteiger partial charge is 0.309 e. The van der Waals surface area contributed by atoms with Crippen LogP contribution in [0.15, 0.2) is 194 Å².